The van der Waals surface area contributed by atoms with Gasteiger partial charge in [-0.2, -0.15) is 5.26 Å². The molecule has 2 heteroatoms. The van der Waals surface area contributed by atoms with Gasteiger partial charge in [0.05, 0.1) is 11.6 Å². The van der Waals surface area contributed by atoms with Crippen LogP contribution in [-0.4, -0.2) is 0 Å². The smallest absolute Gasteiger partial charge is 0.0991 e. The van der Waals surface area contributed by atoms with E-state index in [1.807, 2.05) is 12.1 Å². The number of nitrogens with zero attached hydrogens (tertiary/aromatic N) is 1. The van der Waals surface area contributed by atoms with E-state index in [0.29, 0.717) is 5.56 Å². The highest BCUT2D eigenvalue weighted by Crippen LogP contribution is 2.44. The zero-order valence-corrected chi connectivity index (χ0v) is 24.0. The summed E-state index contributed by atoms with van der Waals surface area (Å²) in [5.41, 5.74) is 5.63. The number of rotatable bonds is 2. The second kappa shape index (κ2) is 9.26. The maximum Gasteiger partial charge on any atom is 0.0991 e. The fraction of sp³-hybridized carbons (Fsp3) is 0. The van der Waals surface area contributed by atoms with Gasteiger partial charge < -0.3 is 0 Å². The van der Waals surface area contributed by atoms with Crippen LogP contribution in [-0.2, 0) is 0 Å². The standard InChI is InChI=1S/C41H23NS/c42-24-25-16-18-40-38(20-25)39-21-27(17-19-41(39)43-40)34-22-36-33-14-6-5-13-32(33)35(23-37(36)31-12-4-3-11-30(31)34)29-15-7-9-26-8-1-2-10-28(26)29/h1-23H. The lowest BCUT2D eigenvalue weighted by Gasteiger charge is -2.17. The molecular weight excluding hydrogens is 539 g/mol. The van der Waals surface area contributed by atoms with Gasteiger partial charge in [0.1, 0.15) is 0 Å². The van der Waals surface area contributed by atoms with Gasteiger partial charge in [0.15, 0.2) is 0 Å². The molecule has 0 atom stereocenters. The second-order valence-electron chi connectivity index (χ2n) is 11.2. The summed E-state index contributed by atoms with van der Waals surface area (Å²) >= 11 is 1.78. The lowest BCUT2D eigenvalue weighted by atomic mass is 9.86. The molecule has 0 amide bonds. The van der Waals surface area contributed by atoms with Crippen LogP contribution in [0.3, 0.4) is 0 Å². The molecule has 0 radical (unpaired) electrons. The summed E-state index contributed by atoms with van der Waals surface area (Å²) < 4.78 is 2.45. The molecule has 1 nitrogen and oxygen atoms in total. The summed E-state index contributed by atoms with van der Waals surface area (Å²) in [5.74, 6) is 0. The molecule has 8 aromatic carbocycles. The van der Waals surface area contributed by atoms with Gasteiger partial charge in [-0.05, 0) is 108 Å². The van der Waals surface area contributed by atoms with Crippen molar-refractivity contribution in [3.05, 3.63) is 145 Å². The van der Waals surface area contributed by atoms with Crippen molar-refractivity contribution < 1.29 is 0 Å². The highest BCUT2D eigenvalue weighted by molar-refractivity contribution is 7.25. The normalized spacial score (nSPS) is 11.7. The van der Waals surface area contributed by atoms with Crippen LogP contribution in [0.1, 0.15) is 5.56 Å². The van der Waals surface area contributed by atoms with E-state index in [0.717, 1.165) is 5.39 Å². The number of nitriles is 1. The Morgan fingerprint density at radius 2 is 0.977 bits per heavy atom. The Morgan fingerprint density at radius 3 is 1.72 bits per heavy atom. The summed E-state index contributed by atoms with van der Waals surface area (Å²) in [6.45, 7) is 0. The topological polar surface area (TPSA) is 23.8 Å². The third-order valence-corrected chi connectivity index (χ3v) is 10.0. The molecule has 1 heterocycles. The van der Waals surface area contributed by atoms with Crippen LogP contribution in [0.5, 0.6) is 0 Å². The Kier molecular flexibility index (Phi) is 5.20. The summed E-state index contributed by atoms with van der Waals surface area (Å²) in [6.07, 6.45) is 0. The second-order valence-corrected chi connectivity index (χ2v) is 12.3. The molecule has 0 fully saturated rings. The first-order chi connectivity index (χ1) is 21.3. The highest BCUT2D eigenvalue weighted by atomic mass is 32.1. The predicted molar refractivity (Wildman–Crippen MR) is 185 cm³/mol. The van der Waals surface area contributed by atoms with Gasteiger partial charge in [-0.3, -0.25) is 0 Å². The van der Waals surface area contributed by atoms with Gasteiger partial charge in [0.25, 0.3) is 0 Å². The fourth-order valence-electron chi connectivity index (χ4n) is 6.89. The zero-order chi connectivity index (χ0) is 28.5. The first-order valence-electron chi connectivity index (χ1n) is 14.5. The molecular formula is C41H23NS. The Bertz CT molecular complexity index is 2630. The van der Waals surface area contributed by atoms with Gasteiger partial charge in [0, 0.05) is 20.2 Å². The molecule has 1 aromatic heterocycles. The summed E-state index contributed by atoms with van der Waals surface area (Å²) in [4.78, 5) is 0. The van der Waals surface area contributed by atoms with Crippen LogP contribution >= 0.6 is 11.3 Å². The lowest BCUT2D eigenvalue weighted by molar-refractivity contribution is 1.50. The molecule has 0 N–H and O–H groups in total. The molecule has 0 aliphatic rings. The Labute approximate surface area is 252 Å². The molecule has 9 rings (SSSR count). The number of hydrogen-bond acceptors (Lipinski definition) is 2. The molecule has 43 heavy (non-hydrogen) atoms. The summed E-state index contributed by atoms with van der Waals surface area (Å²) in [5, 5.41) is 22.0. The van der Waals surface area contributed by atoms with Crippen molar-refractivity contribution in [2.24, 2.45) is 0 Å². The quantitative estimate of drug-likeness (QED) is 0.193. The van der Waals surface area contributed by atoms with Crippen LogP contribution in [0.15, 0.2) is 140 Å². The maximum atomic E-state index is 9.54. The van der Waals surface area contributed by atoms with E-state index in [1.165, 1.54) is 80.1 Å². The Morgan fingerprint density at radius 1 is 0.395 bits per heavy atom. The number of hydrogen-bond donors (Lipinski definition) is 0. The van der Waals surface area contributed by atoms with E-state index < -0.39 is 0 Å². The molecule has 0 saturated heterocycles. The molecule has 0 unspecified atom stereocenters. The minimum atomic E-state index is 0.697. The number of thiophene rings is 1. The molecule has 198 valence electrons. The molecule has 0 spiro atoms. The molecule has 0 aliphatic carbocycles. The van der Waals surface area contributed by atoms with Gasteiger partial charge >= 0.3 is 0 Å². The van der Waals surface area contributed by atoms with Crippen molar-refractivity contribution in [2.45, 2.75) is 0 Å². The first kappa shape index (κ1) is 24.1. The number of fused-ring (bicyclic) bond motifs is 9. The molecule has 0 bridgehead atoms. The van der Waals surface area contributed by atoms with Crippen LogP contribution in [0, 0.1) is 11.3 Å². The van der Waals surface area contributed by atoms with Crippen LogP contribution in [0.25, 0.3) is 85.5 Å². The first-order valence-corrected chi connectivity index (χ1v) is 15.3. The average molecular weight is 562 g/mol. The van der Waals surface area contributed by atoms with Gasteiger partial charge in [-0.15, -0.1) is 11.3 Å². The van der Waals surface area contributed by atoms with Crippen molar-refractivity contribution >= 4 is 74.6 Å². The van der Waals surface area contributed by atoms with Crippen molar-refractivity contribution in [3.8, 4) is 28.3 Å². The minimum Gasteiger partial charge on any atom is -0.192 e. The van der Waals surface area contributed by atoms with E-state index in [2.05, 4.69) is 133 Å². The van der Waals surface area contributed by atoms with E-state index in [9.17, 15) is 5.26 Å². The van der Waals surface area contributed by atoms with E-state index in [4.69, 9.17) is 0 Å². The lowest BCUT2D eigenvalue weighted by Crippen LogP contribution is -1.89. The zero-order valence-electron chi connectivity index (χ0n) is 23.1. The highest BCUT2D eigenvalue weighted by Gasteiger charge is 2.16. The SMILES string of the molecule is N#Cc1ccc2sc3ccc(-c4cc5c6ccccc6c(-c6cccc7ccccc67)cc5c5ccccc45)cc3c2c1. The molecule has 0 saturated carbocycles. The Hall–Kier alpha value is -5.49. The van der Waals surface area contributed by atoms with Gasteiger partial charge in [0.2, 0.25) is 0 Å². The maximum absolute atomic E-state index is 9.54. The van der Waals surface area contributed by atoms with Crippen LogP contribution in [0.2, 0.25) is 0 Å². The molecule has 0 aliphatic heterocycles. The van der Waals surface area contributed by atoms with Crippen molar-refractivity contribution in [3.63, 3.8) is 0 Å². The van der Waals surface area contributed by atoms with Crippen LogP contribution in [0.4, 0.5) is 0 Å². The predicted octanol–water partition coefficient (Wildman–Crippen LogP) is 11.9. The largest absolute Gasteiger partial charge is 0.192 e. The monoisotopic (exact) mass is 561 g/mol. The van der Waals surface area contributed by atoms with Crippen LogP contribution < -0.4 is 0 Å². The third kappa shape index (κ3) is 3.63. The fourth-order valence-corrected chi connectivity index (χ4v) is 7.95. The summed E-state index contributed by atoms with van der Waals surface area (Å²) in [6, 6.07) is 52.8. The van der Waals surface area contributed by atoms with Crippen molar-refractivity contribution in [1.29, 1.82) is 5.26 Å². The van der Waals surface area contributed by atoms with Gasteiger partial charge in [-0.1, -0.05) is 97.1 Å². The number of benzene rings is 8. The van der Waals surface area contributed by atoms with E-state index >= 15 is 0 Å². The summed E-state index contributed by atoms with van der Waals surface area (Å²) in [7, 11) is 0. The Balaban J connectivity index is 1.38. The van der Waals surface area contributed by atoms with Crippen molar-refractivity contribution in [2.75, 3.05) is 0 Å². The van der Waals surface area contributed by atoms with Gasteiger partial charge in [-0.25, -0.2) is 0 Å². The van der Waals surface area contributed by atoms with Crippen molar-refractivity contribution in [1.82, 2.24) is 0 Å². The molecule has 9 aromatic rings. The third-order valence-electron chi connectivity index (χ3n) is 8.87. The minimum absolute atomic E-state index is 0.697. The average Bonchev–Trinajstić information content (AvgIpc) is 3.44. The van der Waals surface area contributed by atoms with E-state index in [-0.39, 0.29) is 0 Å². The van der Waals surface area contributed by atoms with E-state index in [1.54, 1.807) is 11.3 Å².